The van der Waals surface area contributed by atoms with Crippen LogP contribution in [0.2, 0.25) is 0 Å². The number of hydrogen-bond donors (Lipinski definition) is 2. The van der Waals surface area contributed by atoms with Crippen molar-refractivity contribution in [2.45, 2.75) is 38.8 Å². The van der Waals surface area contributed by atoms with Crippen LogP contribution in [0.1, 0.15) is 39.5 Å². The second kappa shape index (κ2) is 8.43. The van der Waals surface area contributed by atoms with Gasteiger partial charge in [-0.2, -0.15) is 0 Å². The largest absolute Gasteiger partial charge is 0.451 e. The number of aryl methyl sites for hydroxylation is 3. The van der Waals surface area contributed by atoms with Gasteiger partial charge in [0.15, 0.2) is 10.9 Å². The average Bonchev–Trinajstić information content (AvgIpc) is 3.02. The maximum absolute atomic E-state index is 12.4. The lowest BCUT2D eigenvalue weighted by atomic mass is 10.1. The number of furan rings is 1. The number of rotatable bonds is 5. The molecule has 146 valence electrons. The Hall–Kier alpha value is -2.87. The fourth-order valence-electron chi connectivity index (χ4n) is 3.04. The molecule has 0 saturated heterocycles. The first-order chi connectivity index (χ1) is 13.4. The van der Waals surface area contributed by atoms with Crippen LogP contribution >= 0.6 is 11.8 Å². The van der Waals surface area contributed by atoms with Gasteiger partial charge in [-0.1, -0.05) is 30.0 Å². The minimum atomic E-state index is -0.484. The van der Waals surface area contributed by atoms with Gasteiger partial charge in [-0.25, -0.2) is 9.97 Å². The summed E-state index contributed by atoms with van der Waals surface area (Å²) in [5.74, 6) is -0.592. The van der Waals surface area contributed by atoms with Crippen LogP contribution in [-0.2, 0) is 11.2 Å². The van der Waals surface area contributed by atoms with Gasteiger partial charge in [-0.3, -0.25) is 20.4 Å². The number of aromatic nitrogens is 2. The second-order valence-electron chi connectivity index (χ2n) is 6.41. The Morgan fingerprint density at radius 2 is 1.75 bits per heavy atom. The first-order valence-corrected chi connectivity index (χ1v) is 10.1. The number of thioether (sulfide) groups is 1. The molecule has 0 aliphatic rings. The molecule has 2 heterocycles. The third kappa shape index (κ3) is 4.17. The fourth-order valence-corrected chi connectivity index (χ4v) is 3.49. The minimum absolute atomic E-state index is 0.189. The SMILES string of the molecule is CSc1nc(C)c(CCC(=O)NNC(=O)c2oc3ccccc3c2C)c(C)n1. The number of amides is 2. The molecular formula is C20H22N4O3S. The van der Waals surface area contributed by atoms with Gasteiger partial charge in [-0.05, 0) is 45.1 Å². The van der Waals surface area contributed by atoms with E-state index in [1.807, 2.05) is 45.2 Å². The summed E-state index contributed by atoms with van der Waals surface area (Å²) in [6, 6.07) is 7.41. The van der Waals surface area contributed by atoms with Crippen LogP contribution < -0.4 is 10.9 Å². The van der Waals surface area contributed by atoms with Gasteiger partial charge in [0.2, 0.25) is 5.91 Å². The number of fused-ring (bicyclic) bond motifs is 1. The first kappa shape index (κ1) is 19.9. The summed E-state index contributed by atoms with van der Waals surface area (Å²) in [6.07, 6.45) is 2.63. The van der Waals surface area contributed by atoms with Gasteiger partial charge in [0.25, 0.3) is 0 Å². The predicted octanol–water partition coefficient (Wildman–Crippen LogP) is 3.26. The molecule has 0 spiro atoms. The number of carbonyl (C=O) groups excluding carboxylic acids is 2. The monoisotopic (exact) mass is 398 g/mol. The van der Waals surface area contributed by atoms with E-state index in [0.29, 0.717) is 12.0 Å². The Morgan fingerprint density at radius 3 is 2.39 bits per heavy atom. The molecule has 8 heteroatoms. The van der Waals surface area contributed by atoms with Gasteiger partial charge >= 0.3 is 5.91 Å². The molecule has 0 radical (unpaired) electrons. The van der Waals surface area contributed by atoms with E-state index in [-0.39, 0.29) is 18.1 Å². The third-order valence-electron chi connectivity index (χ3n) is 4.55. The summed E-state index contributed by atoms with van der Waals surface area (Å²) in [5.41, 5.74) is 8.92. The van der Waals surface area contributed by atoms with Crippen molar-refractivity contribution in [3.63, 3.8) is 0 Å². The maximum atomic E-state index is 12.4. The second-order valence-corrected chi connectivity index (χ2v) is 7.19. The maximum Gasteiger partial charge on any atom is 0.305 e. The standard InChI is InChI=1S/C20H22N4O3S/c1-11-14-7-5-6-8-16(14)27-18(11)19(26)24-23-17(25)10-9-15-12(2)21-20(28-4)22-13(15)3/h5-8H,9-10H2,1-4H3,(H,23,25)(H,24,26). The Labute approximate surface area is 167 Å². The zero-order valence-electron chi connectivity index (χ0n) is 16.3. The van der Waals surface area contributed by atoms with Crippen molar-refractivity contribution in [2.24, 2.45) is 0 Å². The highest BCUT2D eigenvalue weighted by Gasteiger charge is 2.18. The van der Waals surface area contributed by atoms with E-state index in [2.05, 4.69) is 20.8 Å². The molecule has 0 bridgehead atoms. The van der Waals surface area contributed by atoms with Crippen LogP contribution in [0.5, 0.6) is 0 Å². The molecule has 2 amide bonds. The highest BCUT2D eigenvalue weighted by molar-refractivity contribution is 7.98. The molecule has 0 aliphatic heterocycles. The van der Waals surface area contributed by atoms with Crippen LogP contribution in [0.25, 0.3) is 11.0 Å². The van der Waals surface area contributed by atoms with E-state index in [0.717, 1.165) is 33.1 Å². The number of nitrogens with one attached hydrogen (secondary N) is 2. The van der Waals surface area contributed by atoms with Crippen LogP contribution in [0, 0.1) is 20.8 Å². The van der Waals surface area contributed by atoms with E-state index in [9.17, 15) is 9.59 Å². The molecule has 1 aromatic carbocycles. The number of para-hydroxylation sites is 1. The van der Waals surface area contributed by atoms with Crippen molar-refractivity contribution in [1.29, 1.82) is 0 Å². The average molecular weight is 398 g/mol. The number of nitrogens with zero attached hydrogens (tertiary/aromatic N) is 2. The first-order valence-electron chi connectivity index (χ1n) is 8.86. The van der Waals surface area contributed by atoms with E-state index >= 15 is 0 Å². The molecule has 0 atom stereocenters. The molecule has 0 unspecified atom stereocenters. The molecular weight excluding hydrogens is 376 g/mol. The third-order valence-corrected chi connectivity index (χ3v) is 5.10. The molecule has 2 aromatic heterocycles. The number of benzene rings is 1. The summed E-state index contributed by atoms with van der Waals surface area (Å²) in [5, 5.41) is 1.59. The molecule has 3 rings (SSSR count). The van der Waals surface area contributed by atoms with Crippen LogP contribution in [0.4, 0.5) is 0 Å². The van der Waals surface area contributed by atoms with Crippen molar-refractivity contribution in [2.75, 3.05) is 6.26 Å². The number of hydrazine groups is 1. The zero-order chi connectivity index (χ0) is 20.3. The van der Waals surface area contributed by atoms with E-state index < -0.39 is 5.91 Å². The van der Waals surface area contributed by atoms with Crippen molar-refractivity contribution in [1.82, 2.24) is 20.8 Å². The summed E-state index contributed by atoms with van der Waals surface area (Å²) in [6.45, 7) is 5.63. The summed E-state index contributed by atoms with van der Waals surface area (Å²) in [4.78, 5) is 33.3. The number of carbonyl (C=O) groups is 2. The molecule has 0 aliphatic carbocycles. The Balaban J connectivity index is 1.58. The Kier molecular flexibility index (Phi) is 5.99. The number of hydrogen-bond acceptors (Lipinski definition) is 6. The smallest absolute Gasteiger partial charge is 0.305 e. The minimum Gasteiger partial charge on any atom is -0.451 e. The highest BCUT2D eigenvalue weighted by Crippen LogP contribution is 2.24. The fraction of sp³-hybridized carbons (Fsp3) is 0.300. The van der Waals surface area contributed by atoms with E-state index in [1.54, 1.807) is 6.07 Å². The molecule has 0 fully saturated rings. The molecule has 7 nitrogen and oxygen atoms in total. The van der Waals surface area contributed by atoms with Crippen molar-refractivity contribution in [3.8, 4) is 0 Å². The highest BCUT2D eigenvalue weighted by atomic mass is 32.2. The lowest BCUT2D eigenvalue weighted by Gasteiger charge is -2.10. The van der Waals surface area contributed by atoms with Crippen LogP contribution in [-0.4, -0.2) is 28.0 Å². The molecule has 0 saturated carbocycles. The van der Waals surface area contributed by atoms with Gasteiger partial charge in [-0.15, -0.1) is 0 Å². The van der Waals surface area contributed by atoms with Crippen LogP contribution in [0.15, 0.2) is 33.8 Å². The molecule has 28 heavy (non-hydrogen) atoms. The van der Waals surface area contributed by atoms with Gasteiger partial charge in [0, 0.05) is 28.8 Å². The summed E-state index contributed by atoms with van der Waals surface area (Å²) >= 11 is 1.48. The normalized spacial score (nSPS) is 10.9. The van der Waals surface area contributed by atoms with Crippen molar-refractivity contribution in [3.05, 3.63) is 52.5 Å². The van der Waals surface area contributed by atoms with Crippen molar-refractivity contribution < 1.29 is 14.0 Å². The quantitative estimate of drug-likeness (QED) is 0.389. The van der Waals surface area contributed by atoms with Crippen LogP contribution in [0.3, 0.4) is 0 Å². The zero-order valence-corrected chi connectivity index (χ0v) is 17.1. The lowest BCUT2D eigenvalue weighted by Crippen LogP contribution is -2.41. The van der Waals surface area contributed by atoms with Crippen molar-refractivity contribution >= 4 is 34.5 Å². The predicted molar refractivity (Wildman–Crippen MR) is 108 cm³/mol. The lowest BCUT2D eigenvalue weighted by molar-refractivity contribution is -0.121. The Bertz CT molecular complexity index is 1020. The van der Waals surface area contributed by atoms with E-state index in [4.69, 9.17) is 4.42 Å². The summed E-state index contributed by atoms with van der Waals surface area (Å²) in [7, 11) is 0. The van der Waals surface area contributed by atoms with Gasteiger partial charge in [0.1, 0.15) is 5.58 Å². The Morgan fingerprint density at radius 1 is 1.07 bits per heavy atom. The van der Waals surface area contributed by atoms with Gasteiger partial charge < -0.3 is 4.42 Å². The van der Waals surface area contributed by atoms with E-state index in [1.165, 1.54) is 11.8 Å². The molecule has 2 N–H and O–H groups in total. The molecule has 3 aromatic rings. The van der Waals surface area contributed by atoms with Gasteiger partial charge in [0.05, 0.1) is 0 Å². The topological polar surface area (TPSA) is 97.1 Å². The summed E-state index contributed by atoms with van der Waals surface area (Å²) < 4.78 is 5.59.